The van der Waals surface area contributed by atoms with Gasteiger partial charge >= 0.3 is 5.97 Å². The fourth-order valence-corrected chi connectivity index (χ4v) is 4.89. The Labute approximate surface area is 170 Å². The topological polar surface area (TPSA) is 75.7 Å². The van der Waals surface area contributed by atoms with Gasteiger partial charge in [0.15, 0.2) is 0 Å². The average molecular weight is 423 g/mol. The van der Waals surface area contributed by atoms with Gasteiger partial charge < -0.3 is 15.0 Å². The summed E-state index contributed by atoms with van der Waals surface area (Å²) in [5.41, 5.74) is 1.20. The van der Waals surface area contributed by atoms with E-state index in [1.165, 1.54) is 49.3 Å². The van der Waals surface area contributed by atoms with Gasteiger partial charge in [-0.3, -0.25) is 9.59 Å². The number of ether oxygens (including phenoxy) is 1. The van der Waals surface area contributed by atoms with Gasteiger partial charge in [-0.2, -0.15) is 0 Å². The molecule has 1 aromatic heterocycles. The third-order valence-electron chi connectivity index (χ3n) is 4.33. The van der Waals surface area contributed by atoms with Gasteiger partial charge in [-0.05, 0) is 36.2 Å². The quantitative estimate of drug-likeness (QED) is 0.591. The number of carbonyl (C=O) groups excluding carboxylic acids is 3. The summed E-state index contributed by atoms with van der Waals surface area (Å²) >= 11 is 2.57. The number of thiophene rings is 1. The maximum atomic E-state index is 13.0. The summed E-state index contributed by atoms with van der Waals surface area (Å²) in [4.78, 5) is 39.7. The molecule has 2 heterocycles. The second-order valence-corrected chi connectivity index (χ2v) is 8.33. The molecule has 0 radical (unpaired) electrons. The lowest BCUT2D eigenvalue weighted by molar-refractivity contribution is -0.129. The van der Waals surface area contributed by atoms with Crippen molar-refractivity contribution in [2.24, 2.45) is 0 Å². The van der Waals surface area contributed by atoms with Crippen LogP contribution in [-0.4, -0.2) is 42.1 Å². The lowest BCUT2D eigenvalue weighted by Gasteiger charge is -2.25. The lowest BCUT2D eigenvalue weighted by Crippen LogP contribution is -2.33. The number of esters is 1. The number of amides is 2. The number of nitrogens with zero attached hydrogens (tertiary/aromatic N) is 1. The van der Waals surface area contributed by atoms with E-state index in [1.54, 1.807) is 17.0 Å². The van der Waals surface area contributed by atoms with Crippen LogP contribution >= 0.6 is 23.1 Å². The molecule has 2 amide bonds. The average Bonchev–Trinajstić information content (AvgIpc) is 3.03. The molecule has 6 nitrogen and oxygen atoms in total. The van der Waals surface area contributed by atoms with Crippen molar-refractivity contribution in [2.75, 3.05) is 24.7 Å². The van der Waals surface area contributed by atoms with Crippen molar-refractivity contribution < 1.29 is 23.5 Å². The van der Waals surface area contributed by atoms with Gasteiger partial charge in [0.2, 0.25) is 11.8 Å². The Kier molecular flexibility index (Phi) is 6.35. The van der Waals surface area contributed by atoms with E-state index in [4.69, 9.17) is 4.74 Å². The van der Waals surface area contributed by atoms with Crippen LogP contribution in [0.3, 0.4) is 0 Å². The number of thioether (sulfide) groups is 1. The number of nitrogens with one attached hydrogen (secondary N) is 1. The molecule has 0 fully saturated rings. The second kappa shape index (κ2) is 8.74. The summed E-state index contributed by atoms with van der Waals surface area (Å²) in [5.74, 6) is -1.02. The number of carbonyl (C=O) groups is 3. The first-order valence-electron chi connectivity index (χ1n) is 8.55. The summed E-state index contributed by atoms with van der Waals surface area (Å²) in [7, 11) is 1.30. The molecular weight excluding hydrogens is 403 g/mol. The van der Waals surface area contributed by atoms with Crippen LogP contribution in [0, 0.1) is 5.82 Å². The predicted molar refractivity (Wildman–Crippen MR) is 106 cm³/mol. The van der Waals surface area contributed by atoms with E-state index >= 15 is 0 Å². The zero-order valence-electron chi connectivity index (χ0n) is 15.4. The van der Waals surface area contributed by atoms with Crippen LogP contribution in [-0.2, 0) is 27.3 Å². The first-order chi connectivity index (χ1) is 13.4. The van der Waals surface area contributed by atoms with E-state index in [0.717, 1.165) is 15.3 Å². The monoisotopic (exact) mass is 422 g/mol. The van der Waals surface area contributed by atoms with E-state index in [2.05, 4.69) is 5.32 Å². The molecule has 0 atom stereocenters. The molecule has 0 bridgehead atoms. The highest BCUT2D eigenvalue weighted by atomic mass is 32.2. The molecule has 148 valence electrons. The van der Waals surface area contributed by atoms with Gasteiger partial charge in [0.05, 0.1) is 25.0 Å². The minimum Gasteiger partial charge on any atom is -0.465 e. The Morgan fingerprint density at radius 3 is 2.64 bits per heavy atom. The van der Waals surface area contributed by atoms with E-state index < -0.39 is 5.97 Å². The maximum absolute atomic E-state index is 13.0. The molecule has 0 spiro atoms. The number of hydrogen-bond acceptors (Lipinski definition) is 6. The molecule has 28 heavy (non-hydrogen) atoms. The summed E-state index contributed by atoms with van der Waals surface area (Å²) < 4.78 is 17.9. The maximum Gasteiger partial charge on any atom is 0.341 e. The van der Waals surface area contributed by atoms with E-state index in [-0.39, 0.29) is 23.4 Å². The molecule has 1 N–H and O–H groups in total. The van der Waals surface area contributed by atoms with Crippen molar-refractivity contribution in [1.29, 1.82) is 0 Å². The zero-order valence-corrected chi connectivity index (χ0v) is 17.0. The molecule has 1 aliphatic rings. The Balaban J connectivity index is 1.75. The molecule has 0 unspecified atom stereocenters. The highest BCUT2D eigenvalue weighted by Crippen LogP contribution is 2.37. The second-order valence-electron chi connectivity index (χ2n) is 6.18. The number of halogens is 1. The highest BCUT2D eigenvalue weighted by molar-refractivity contribution is 8.00. The van der Waals surface area contributed by atoms with Crippen LogP contribution in [0.2, 0.25) is 0 Å². The van der Waals surface area contributed by atoms with Gasteiger partial charge in [0.1, 0.15) is 10.8 Å². The van der Waals surface area contributed by atoms with Gasteiger partial charge in [0.25, 0.3) is 0 Å². The van der Waals surface area contributed by atoms with Crippen LogP contribution in [0.5, 0.6) is 0 Å². The van der Waals surface area contributed by atoms with Crippen LogP contribution in [0.1, 0.15) is 27.7 Å². The number of fused-ring (bicyclic) bond motifs is 1. The Morgan fingerprint density at radius 2 is 2.00 bits per heavy atom. The van der Waals surface area contributed by atoms with Crippen molar-refractivity contribution in [3.8, 4) is 0 Å². The van der Waals surface area contributed by atoms with Crippen LogP contribution in [0.25, 0.3) is 0 Å². The van der Waals surface area contributed by atoms with E-state index in [9.17, 15) is 18.8 Å². The van der Waals surface area contributed by atoms with Crippen LogP contribution in [0.15, 0.2) is 29.2 Å². The number of hydrogen-bond donors (Lipinski definition) is 1. The smallest absolute Gasteiger partial charge is 0.341 e. The molecule has 9 heteroatoms. The van der Waals surface area contributed by atoms with Gasteiger partial charge in [-0.25, -0.2) is 9.18 Å². The summed E-state index contributed by atoms with van der Waals surface area (Å²) in [6.45, 7) is 2.45. The highest BCUT2D eigenvalue weighted by Gasteiger charge is 2.30. The third kappa shape index (κ3) is 4.53. The standard InChI is InChI=1S/C19H19FN2O4S2/c1-11(23)22-8-7-14-15(9-22)28-18(17(14)19(25)26-2)21-16(24)10-27-13-5-3-12(20)4-6-13/h3-6H,7-10H2,1-2H3,(H,21,24). The summed E-state index contributed by atoms with van der Waals surface area (Å²) in [5, 5.41) is 3.23. The summed E-state index contributed by atoms with van der Waals surface area (Å²) in [6.07, 6.45) is 0.538. The molecule has 3 rings (SSSR count). The molecular formula is C19H19FN2O4S2. The predicted octanol–water partition coefficient (Wildman–Crippen LogP) is 3.31. The molecule has 1 aromatic carbocycles. The van der Waals surface area contributed by atoms with Crippen molar-refractivity contribution in [3.05, 3.63) is 46.1 Å². The van der Waals surface area contributed by atoms with Crippen molar-refractivity contribution in [3.63, 3.8) is 0 Å². The fourth-order valence-electron chi connectivity index (χ4n) is 2.92. The Bertz CT molecular complexity index is 911. The van der Waals surface area contributed by atoms with Crippen LogP contribution < -0.4 is 5.32 Å². The molecule has 2 aromatic rings. The molecule has 0 aliphatic carbocycles. The van der Waals surface area contributed by atoms with Crippen molar-refractivity contribution in [2.45, 2.75) is 24.8 Å². The Morgan fingerprint density at radius 1 is 1.29 bits per heavy atom. The first kappa shape index (κ1) is 20.3. The van der Waals surface area contributed by atoms with Crippen molar-refractivity contribution >= 4 is 45.9 Å². The minimum absolute atomic E-state index is 0.0278. The fraction of sp³-hybridized carbons (Fsp3) is 0.316. The zero-order chi connectivity index (χ0) is 20.3. The summed E-state index contributed by atoms with van der Waals surface area (Å²) in [6, 6.07) is 5.88. The largest absolute Gasteiger partial charge is 0.465 e. The van der Waals surface area contributed by atoms with E-state index in [1.807, 2.05) is 0 Å². The first-order valence-corrected chi connectivity index (χ1v) is 10.4. The number of anilines is 1. The normalized spacial score (nSPS) is 13.0. The minimum atomic E-state index is -0.504. The molecule has 0 saturated heterocycles. The molecule has 1 aliphatic heterocycles. The lowest BCUT2D eigenvalue weighted by atomic mass is 10.0. The third-order valence-corrected chi connectivity index (χ3v) is 6.47. The number of rotatable bonds is 5. The van der Waals surface area contributed by atoms with Crippen LogP contribution in [0.4, 0.5) is 9.39 Å². The van der Waals surface area contributed by atoms with Crippen molar-refractivity contribution in [1.82, 2.24) is 4.90 Å². The molecule has 0 saturated carbocycles. The number of benzene rings is 1. The van der Waals surface area contributed by atoms with E-state index in [0.29, 0.717) is 30.1 Å². The number of methoxy groups -OCH3 is 1. The van der Waals surface area contributed by atoms with Gasteiger partial charge in [-0.1, -0.05) is 0 Å². The Hall–Kier alpha value is -2.39. The SMILES string of the molecule is COC(=O)c1c(NC(=O)CSc2ccc(F)cc2)sc2c1CCN(C(C)=O)C2. The van der Waals surface area contributed by atoms with Gasteiger partial charge in [0, 0.05) is 23.2 Å². The van der Waals surface area contributed by atoms with Gasteiger partial charge in [-0.15, -0.1) is 23.1 Å².